The van der Waals surface area contributed by atoms with Crippen molar-refractivity contribution in [1.82, 2.24) is 9.13 Å². The van der Waals surface area contributed by atoms with Crippen molar-refractivity contribution < 1.29 is 0 Å². The van der Waals surface area contributed by atoms with E-state index in [0.29, 0.717) is 11.1 Å². The van der Waals surface area contributed by atoms with E-state index in [2.05, 4.69) is 176 Å². The van der Waals surface area contributed by atoms with E-state index in [4.69, 9.17) is 0 Å². The molecule has 11 rings (SSSR count). The van der Waals surface area contributed by atoms with Crippen LogP contribution in [0.4, 0.5) is 0 Å². The molecular formula is C50H34N4. The summed E-state index contributed by atoms with van der Waals surface area (Å²) >= 11 is 0. The van der Waals surface area contributed by atoms with E-state index in [1.807, 2.05) is 0 Å². The second kappa shape index (κ2) is 10.4. The molecule has 0 N–H and O–H groups in total. The van der Waals surface area contributed by atoms with Gasteiger partial charge < -0.3 is 9.13 Å². The van der Waals surface area contributed by atoms with Gasteiger partial charge in [0.15, 0.2) is 0 Å². The summed E-state index contributed by atoms with van der Waals surface area (Å²) in [6.07, 6.45) is 0. The molecule has 254 valence electrons. The first-order valence-corrected chi connectivity index (χ1v) is 18.6. The van der Waals surface area contributed by atoms with Gasteiger partial charge >= 0.3 is 0 Å². The van der Waals surface area contributed by atoms with Gasteiger partial charge in [0.2, 0.25) is 0 Å². The molecule has 2 aliphatic rings. The smallest absolute Gasteiger partial charge is 0.101 e. The summed E-state index contributed by atoms with van der Waals surface area (Å²) < 4.78 is 4.48. The largest absolute Gasteiger partial charge is 0.308 e. The van der Waals surface area contributed by atoms with Crippen LogP contribution in [0.25, 0.3) is 77.2 Å². The Morgan fingerprint density at radius 3 is 1.24 bits per heavy atom. The molecule has 0 fully saturated rings. The lowest BCUT2D eigenvalue weighted by atomic mass is 9.82. The van der Waals surface area contributed by atoms with Crippen molar-refractivity contribution in [2.75, 3.05) is 0 Å². The Hall–Kier alpha value is -6.88. The molecule has 7 aromatic carbocycles. The third-order valence-corrected chi connectivity index (χ3v) is 12.6. The Morgan fingerprint density at radius 1 is 0.389 bits per heavy atom. The molecule has 2 aromatic heterocycles. The number of rotatable bonds is 2. The maximum atomic E-state index is 10.8. The van der Waals surface area contributed by atoms with Crippen LogP contribution in [0.1, 0.15) is 61.1 Å². The molecule has 4 heteroatoms. The molecule has 0 radical (unpaired) electrons. The molecule has 9 aromatic rings. The van der Waals surface area contributed by atoms with Crippen LogP contribution in [0, 0.1) is 22.7 Å². The number of aromatic nitrogens is 2. The van der Waals surface area contributed by atoms with Crippen LogP contribution in [0.15, 0.2) is 133 Å². The molecule has 0 spiro atoms. The quantitative estimate of drug-likeness (QED) is 0.181. The lowest BCUT2D eigenvalue weighted by Gasteiger charge is -2.21. The van der Waals surface area contributed by atoms with Crippen LogP contribution in [-0.4, -0.2) is 9.13 Å². The van der Waals surface area contributed by atoms with Gasteiger partial charge in [-0.05, 0) is 93.0 Å². The maximum Gasteiger partial charge on any atom is 0.101 e. The van der Waals surface area contributed by atoms with E-state index in [1.54, 1.807) is 6.07 Å². The van der Waals surface area contributed by atoms with E-state index < -0.39 is 0 Å². The topological polar surface area (TPSA) is 57.4 Å². The Morgan fingerprint density at radius 2 is 0.796 bits per heavy atom. The van der Waals surface area contributed by atoms with Gasteiger partial charge in [-0.15, -0.1) is 0 Å². The molecule has 4 nitrogen and oxygen atoms in total. The summed E-state index contributed by atoms with van der Waals surface area (Å²) in [6.45, 7) is 9.24. The summed E-state index contributed by atoms with van der Waals surface area (Å²) in [6, 6.07) is 52.6. The van der Waals surface area contributed by atoms with E-state index in [1.165, 1.54) is 44.5 Å². The second-order valence-electron chi connectivity index (χ2n) is 16.0. The van der Waals surface area contributed by atoms with Crippen LogP contribution in [-0.2, 0) is 10.8 Å². The molecule has 0 saturated heterocycles. The molecule has 2 heterocycles. The van der Waals surface area contributed by atoms with Crippen LogP contribution < -0.4 is 0 Å². The van der Waals surface area contributed by atoms with E-state index in [9.17, 15) is 10.5 Å². The Balaban J connectivity index is 1.25. The minimum absolute atomic E-state index is 0.144. The SMILES string of the molecule is CC1(C)c2ccccc2-c2cc3c(cc21)c1ccccc1n3-c1cc(-n2c3ccccc3c3cc4c(cc32)-c2ccccc2C4(C)C)c(C#N)cc1C#N. The Bertz CT molecular complexity index is 3030. The van der Waals surface area contributed by atoms with E-state index in [0.717, 1.165) is 55.0 Å². The average Bonchev–Trinajstić information content (AvgIpc) is 3.84. The predicted octanol–water partition coefficient (Wildman–Crippen LogP) is 12.2. The highest BCUT2D eigenvalue weighted by molar-refractivity contribution is 6.13. The van der Waals surface area contributed by atoms with Crippen LogP contribution in [0.2, 0.25) is 0 Å². The van der Waals surface area contributed by atoms with Crippen molar-refractivity contribution in [3.8, 4) is 45.8 Å². The summed E-state index contributed by atoms with van der Waals surface area (Å²) in [7, 11) is 0. The first-order chi connectivity index (χ1) is 26.2. The highest BCUT2D eigenvalue weighted by Crippen LogP contribution is 2.53. The summed E-state index contributed by atoms with van der Waals surface area (Å²) in [4.78, 5) is 0. The zero-order valence-corrected chi connectivity index (χ0v) is 30.5. The van der Waals surface area contributed by atoms with Crippen LogP contribution in [0.3, 0.4) is 0 Å². The van der Waals surface area contributed by atoms with Crippen molar-refractivity contribution in [3.05, 3.63) is 167 Å². The van der Waals surface area contributed by atoms with E-state index >= 15 is 0 Å². The lowest BCUT2D eigenvalue weighted by Crippen LogP contribution is -2.14. The number of para-hydroxylation sites is 2. The Kier molecular flexibility index (Phi) is 5.90. The fraction of sp³-hybridized carbons (Fsp3) is 0.120. The number of benzene rings is 7. The van der Waals surface area contributed by atoms with Gasteiger partial charge in [0.05, 0.1) is 44.6 Å². The molecule has 0 bridgehead atoms. The average molecular weight is 691 g/mol. The number of hydrogen-bond donors (Lipinski definition) is 0. The maximum absolute atomic E-state index is 10.8. The van der Waals surface area contributed by atoms with Crippen molar-refractivity contribution in [2.24, 2.45) is 0 Å². The standard InChI is InChI=1S/C50H34N4/c1-49(2)39-17-9-5-13-31(39)35-24-47-37(22-41(35)49)33-15-7-11-19-43(33)53(47)45-26-46(30(28-52)21-29(45)27-51)54-44-20-12-8-16-34(44)38-23-42-36(25-48(38)54)32-14-6-10-18-40(32)50(42,3)4/h5-26H,1-4H3. The monoisotopic (exact) mass is 690 g/mol. The fourth-order valence-corrected chi connectivity index (χ4v) is 9.97. The third kappa shape index (κ3) is 3.75. The van der Waals surface area contributed by atoms with Crippen molar-refractivity contribution in [3.63, 3.8) is 0 Å². The number of fused-ring (bicyclic) bond motifs is 12. The molecular weight excluding hydrogens is 657 g/mol. The molecule has 54 heavy (non-hydrogen) atoms. The van der Waals surface area contributed by atoms with Crippen molar-refractivity contribution >= 4 is 43.6 Å². The van der Waals surface area contributed by atoms with Gasteiger partial charge in [-0.2, -0.15) is 10.5 Å². The van der Waals surface area contributed by atoms with Crippen LogP contribution in [0.5, 0.6) is 0 Å². The summed E-state index contributed by atoms with van der Waals surface area (Å²) in [5.74, 6) is 0. The second-order valence-corrected chi connectivity index (χ2v) is 16.0. The van der Waals surface area contributed by atoms with Crippen molar-refractivity contribution in [1.29, 1.82) is 10.5 Å². The molecule has 2 aliphatic carbocycles. The highest BCUT2D eigenvalue weighted by Gasteiger charge is 2.38. The van der Waals surface area contributed by atoms with Gasteiger partial charge in [0, 0.05) is 32.4 Å². The summed E-state index contributed by atoms with van der Waals surface area (Å²) in [5, 5.41) is 26.1. The Labute approximate surface area is 313 Å². The molecule has 0 atom stereocenters. The molecule has 0 unspecified atom stereocenters. The van der Waals surface area contributed by atoms with Gasteiger partial charge in [-0.25, -0.2) is 0 Å². The predicted molar refractivity (Wildman–Crippen MR) is 220 cm³/mol. The van der Waals surface area contributed by atoms with Gasteiger partial charge in [-0.3, -0.25) is 0 Å². The molecule has 0 amide bonds. The summed E-state index contributed by atoms with van der Waals surface area (Å²) in [5.41, 5.74) is 16.4. The zero-order valence-electron chi connectivity index (χ0n) is 30.5. The van der Waals surface area contributed by atoms with Crippen molar-refractivity contribution in [2.45, 2.75) is 38.5 Å². The molecule has 0 aliphatic heterocycles. The number of nitriles is 2. The third-order valence-electron chi connectivity index (χ3n) is 12.6. The minimum Gasteiger partial charge on any atom is -0.308 e. The zero-order chi connectivity index (χ0) is 36.7. The van der Waals surface area contributed by atoms with Gasteiger partial charge in [0.1, 0.15) is 12.1 Å². The fourth-order valence-electron chi connectivity index (χ4n) is 9.97. The van der Waals surface area contributed by atoms with Gasteiger partial charge in [-0.1, -0.05) is 113 Å². The highest BCUT2D eigenvalue weighted by atomic mass is 15.0. The van der Waals surface area contributed by atoms with E-state index in [-0.39, 0.29) is 10.8 Å². The van der Waals surface area contributed by atoms with Gasteiger partial charge in [0.25, 0.3) is 0 Å². The normalized spacial score (nSPS) is 14.6. The number of hydrogen-bond acceptors (Lipinski definition) is 2. The first-order valence-electron chi connectivity index (χ1n) is 18.6. The first kappa shape index (κ1) is 30.7. The lowest BCUT2D eigenvalue weighted by molar-refractivity contribution is 0.661. The number of nitrogens with zero attached hydrogens (tertiary/aromatic N) is 4. The van der Waals surface area contributed by atoms with Crippen LogP contribution >= 0.6 is 0 Å². The minimum atomic E-state index is -0.144. The molecule has 0 saturated carbocycles.